The lowest BCUT2D eigenvalue weighted by molar-refractivity contribution is -0.110. The van der Waals surface area contributed by atoms with Crippen molar-refractivity contribution in [3.05, 3.63) is 72.3 Å². The van der Waals surface area contributed by atoms with Crippen LogP contribution in [-0.2, 0) is 9.63 Å². The minimum Gasteiger partial charge on any atom is -0.321 e. The van der Waals surface area contributed by atoms with Gasteiger partial charge in [-0.2, -0.15) is 0 Å². The van der Waals surface area contributed by atoms with Crippen molar-refractivity contribution in [1.82, 2.24) is 0 Å². The van der Waals surface area contributed by atoms with Gasteiger partial charge in [-0.25, -0.2) is 4.79 Å². The highest BCUT2D eigenvalue weighted by Gasteiger charge is 2.06. The van der Waals surface area contributed by atoms with Gasteiger partial charge in [0.25, 0.3) is 5.91 Å². The molecule has 0 fully saturated rings. The fourth-order valence-electron chi connectivity index (χ4n) is 2.40. The summed E-state index contributed by atoms with van der Waals surface area (Å²) in [6, 6.07) is 20.5. The van der Waals surface area contributed by atoms with Crippen molar-refractivity contribution in [2.24, 2.45) is 5.16 Å². The molecule has 0 saturated carbocycles. The molecule has 2 N–H and O–H groups in total. The second-order valence-corrected chi connectivity index (χ2v) is 5.62. The Bertz CT molecular complexity index is 960. The van der Waals surface area contributed by atoms with E-state index in [1.54, 1.807) is 18.2 Å². The molecule has 0 atom stereocenters. The zero-order chi connectivity index (χ0) is 18.4. The smallest absolute Gasteiger partial charge is 0.321 e. The summed E-state index contributed by atoms with van der Waals surface area (Å²) in [5, 5.41) is 10.5. The molecular formula is C20H17N3O3. The predicted octanol–water partition coefficient (Wildman–Crippen LogP) is 4.32. The molecule has 3 aromatic carbocycles. The average molecular weight is 347 g/mol. The number of nitrogens with one attached hydrogen (secondary N) is 2. The maximum absolute atomic E-state index is 11.9. The van der Waals surface area contributed by atoms with Gasteiger partial charge in [0.1, 0.15) is 6.21 Å². The second-order valence-electron chi connectivity index (χ2n) is 5.62. The number of oxime groups is 1. The van der Waals surface area contributed by atoms with Gasteiger partial charge in [0.05, 0.1) is 5.69 Å². The Hall–Kier alpha value is -3.67. The number of anilines is 2. The van der Waals surface area contributed by atoms with Crippen molar-refractivity contribution in [1.29, 1.82) is 0 Å². The highest BCUT2D eigenvalue weighted by molar-refractivity contribution is 6.31. The van der Waals surface area contributed by atoms with E-state index in [2.05, 4.69) is 20.6 Å². The standard InChI is InChI=1S/C20H17N3O3/c1-14-9-11-16(12-10-14)22-19(24)13-21-26-20(25)23-18-8-4-6-15-5-2-3-7-17(15)18/h2-13H,1H3,(H,22,24)(H,23,25)/b21-13+. The first-order valence-electron chi connectivity index (χ1n) is 7.98. The number of hydrogen-bond donors (Lipinski definition) is 2. The predicted molar refractivity (Wildman–Crippen MR) is 102 cm³/mol. The summed E-state index contributed by atoms with van der Waals surface area (Å²) in [7, 11) is 0. The van der Waals surface area contributed by atoms with Crippen molar-refractivity contribution >= 4 is 40.4 Å². The van der Waals surface area contributed by atoms with Gasteiger partial charge in [0.2, 0.25) is 0 Å². The third-order valence-corrected chi connectivity index (χ3v) is 3.65. The number of carbonyl (C=O) groups is 2. The van der Waals surface area contributed by atoms with Crippen LogP contribution in [0.4, 0.5) is 16.2 Å². The van der Waals surface area contributed by atoms with Gasteiger partial charge in [-0.3, -0.25) is 14.9 Å². The first-order valence-corrected chi connectivity index (χ1v) is 7.98. The molecule has 2 amide bonds. The van der Waals surface area contributed by atoms with Crippen LogP contribution in [0.25, 0.3) is 10.8 Å². The van der Waals surface area contributed by atoms with E-state index in [1.807, 2.05) is 55.5 Å². The topological polar surface area (TPSA) is 79.8 Å². The molecule has 3 aromatic rings. The molecule has 0 heterocycles. The molecule has 6 nitrogen and oxygen atoms in total. The summed E-state index contributed by atoms with van der Waals surface area (Å²) >= 11 is 0. The van der Waals surface area contributed by atoms with Crippen LogP contribution in [0.15, 0.2) is 71.9 Å². The Labute approximate surface area is 150 Å². The Morgan fingerprint density at radius 3 is 2.46 bits per heavy atom. The summed E-state index contributed by atoms with van der Waals surface area (Å²) in [6.45, 7) is 1.95. The van der Waals surface area contributed by atoms with E-state index in [0.29, 0.717) is 11.4 Å². The SMILES string of the molecule is Cc1ccc(NC(=O)/C=N/OC(=O)Nc2cccc3ccccc23)cc1. The number of carbonyl (C=O) groups excluding carboxylic acids is 2. The highest BCUT2D eigenvalue weighted by atomic mass is 16.7. The highest BCUT2D eigenvalue weighted by Crippen LogP contribution is 2.22. The molecule has 0 spiro atoms. The van der Waals surface area contributed by atoms with Crippen LogP contribution in [0.2, 0.25) is 0 Å². The van der Waals surface area contributed by atoms with Crippen LogP contribution in [0.3, 0.4) is 0 Å². The second kappa shape index (κ2) is 7.94. The van der Waals surface area contributed by atoms with E-state index >= 15 is 0 Å². The molecule has 0 saturated heterocycles. The molecule has 0 unspecified atom stereocenters. The summed E-state index contributed by atoms with van der Waals surface area (Å²) < 4.78 is 0. The van der Waals surface area contributed by atoms with Gasteiger partial charge < -0.3 is 5.32 Å². The summed E-state index contributed by atoms with van der Waals surface area (Å²) in [5.74, 6) is -0.494. The Morgan fingerprint density at radius 2 is 1.65 bits per heavy atom. The van der Waals surface area contributed by atoms with E-state index in [4.69, 9.17) is 0 Å². The molecule has 0 aromatic heterocycles. The van der Waals surface area contributed by atoms with Gasteiger partial charge in [-0.15, -0.1) is 0 Å². The first-order chi connectivity index (χ1) is 12.6. The van der Waals surface area contributed by atoms with Crippen LogP contribution in [0, 0.1) is 6.92 Å². The zero-order valence-electron chi connectivity index (χ0n) is 14.1. The van der Waals surface area contributed by atoms with Crippen LogP contribution in [-0.4, -0.2) is 18.2 Å². The molecule has 26 heavy (non-hydrogen) atoms. The summed E-state index contributed by atoms with van der Waals surface area (Å²) in [5.41, 5.74) is 2.32. The maximum atomic E-state index is 11.9. The van der Waals surface area contributed by atoms with Gasteiger partial charge >= 0.3 is 6.09 Å². The third-order valence-electron chi connectivity index (χ3n) is 3.65. The van der Waals surface area contributed by atoms with Gasteiger partial charge in [0, 0.05) is 11.1 Å². The molecule has 0 aliphatic heterocycles. The number of benzene rings is 3. The molecule has 0 radical (unpaired) electrons. The van der Waals surface area contributed by atoms with E-state index in [1.165, 1.54) is 0 Å². The van der Waals surface area contributed by atoms with Crippen LogP contribution in [0.1, 0.15) is 5.56 Å². The molecule has 0 aliphatic carbocycles. The lowest BCUT2D eigenvalue weighted by Crippen LogP contribution is -2.15. The monoisotopic (exact) mass is 347 g/mol. The molecule has 6 heteroatoms. The van der Waals surface area contributed by atoms with E-state index < -0.39 is 12.0 Å². The normalized spacial score (nSPS) is 10.7. The summed E-state index contributed by atoms with van der Waals surface area (Å²) in [4.78, 5) is 28.3. The number of aryl methyl sites for hydroxylation is 1. The van der Waals surface area contributed by atoms with Crippen molar-refractivity contribution in [2.75, 3.05) is 10.6 Å². The third kappa shape index (κ3) is 4.45. The van der Waals surface area contributed by atoms with Crippen molar-refractivity contribution in [3.8, 4) is 0 Å². The van der Waals surface area contributed by atoms with E-state index in [0.717, 1.165) is 22.6 Å². The molecular weight excluding hydrogens is 330 g/mol. The van der Waals surface area contributed by atoms with Crippen molar-refractivity contribution in [3.63, 3.8) is 0 Å². The summed E-state index contributed by atoms with van der Waals surface area (Å²) in [6.07, 6.45) is 0.128. The maximum Gasteiger partial charge on any atom is 0.437 e. The first kappa shape index (κ1) is 17.2. The molecule has 130 valence electrons. The van der Waals surface area contributed by atoms with Crippen LogP contribution in [0.5, 0.6) is 0 Å². The molecule has 0 aliphatic rings. The average Bonchev–Trinajstić information content (AvgIpc) is 2.64. The lowest BCUT2D eigenvalue weighted by Gasteiger charge is -2.06. The minimum absolute atomic E-state index is 0.494. The number of nitrogens with zero attached hydrogens (tertiary/aromatic N) is 1. The van der Waals surface area contributed by atoms with E-state index in [-0.39, 0.29) is 0 Å². The zero-order valence-corrected chi connectivity index (χ0v) is 14.1. The Morgan fingerprint density at radius 1 is 0.923 bits per heavy atom. The number of rotatable bonds is 4. The Kier molecular flexibility index (Phi) is 5.24. The van der Waals surface area contributed by atoms with Crippen molar-refractivity contribution in [2.45, 2.75) is 6.92 Å². The fourth-order valence-corrected chi connectivity index (χ4v) is 2.40. The lowest BCUT2D eigenvalue weighted by atomic mass is 10.1. The Balaban J connectivity index is 1.55. The fraction of sp³-hybridized carbons (Fsp3) is 0.0500. The van der Waals surface area contributed by atoms with Crippen LogP contribution >= 0.6 is 0 Å². The van der Waals surface area contributed by atoms with Crippen molar-refractivity contribution < 1.29 is 14.4 Å². The van der Waals surface area contributed by atoms with Gasteiger partial charge in [0.15, 0.2) is 0 Å². The number of hydrogen-bond acceptors (Lipinski definition) is 4. The molecule has 3 rings (SSSR count). The van der Waals surface area contributed by atoms with Gasteiger partial charge in [-0.05, 0) is 30.5 Å². The molecule has 0 bridgehead atoms. The van der Waals surface area contributed by atoms with E-state index in [9.17, 15) is 9.59 Å². The van der Waals surface area contributed by atoms with Gasteiger partial charge in [-0.1, -0.05) is 59.3 Å². The van der Waals surface area contributed by atoms with Crippen LogP contribution < -0.4 is 10.6 Å². The quantitative estimate of drug-likeness (QED) is 0.419. The largest absolute Gasteiger partial charge is 0.437 e. The minimum atomic E-state index is -0.777. The number of amides is 2. The number of fused-ring (bicyclic) bond motifs is 1.